The number of aliphatic hydroxyl groups is 2. The second-order valence-electron chi connectivity index (χ2n) is 9.98. The highest BCUT2D eigenvalue weighted by molar-refractivity contribution is 5.88. The van der Waals surface area contributed by atoms with Crippen molar-refractivity contribution < 1.29 is 53.1 Å². The summed E-state index contributed by atoms with van der Waals surface area (Å²) in [5.74, 6) is -4.20. The molecule has 0 spiro atoms. The zero-order chi connectivity index (χ0) is 31.8. The molecule has 0 heterocycles. The van der Waals surface area contributed by atoms with Crippen LogP contribution in [-0.4, -0.2) is 85.1 Å². The second-order valence-corrected chi connectivity index (χ2v) is 9.98. The van der Waals surface area contributed by atoms with Crippen LogP contribution >= 0.6 is 0 Å². The summed E-state index contributed by atoms with van der Waals surface area (Å²) >= 11 is 0. The van der Waals surface area contributed by atoms with Crippen molar-refractivity contribution in [3.05, 3.63) is 46.9 Å². The molecule has 2 aromatic rings. The van der Waals surface area contributed by atoms with E-state index in [-0.39, 0.29) is 18.7 Å². The highest BCUT2D eigenvalue weighted by Crippen LogP contribution is 2.26. The first kappa shape index (κ1) is 34.8. The molecule has 0 saturated carbocycles. The van der Waals surface area contributed by atoms with Gasteiger partial charge in [0.25, 0.3) is 5.91 Å². The number of hydrogen-bond donors (Lipinski definition) is 3. The Bertz CT molecular complexity index is 1290. The standard InChI is InChI=1S/C29H36N2O12/c1-19(28(38)42-14-24(34)31-29(2,17-32)18-33)20-7-8-22-13-23(10-9-21(22)12-20)43-27(37)16-41-26(36)15-40-25(35)6-4-3-5-11-30-39/h7-10,12-13,19,32-33H,3-6,11,14-18H2,1-2H3,(H,31,34). The van der Waals surface area contributed by atoms with Crippen molar-refractivity contribution >= 4 is 40.6 Å². The average Bonchev–Trinajstić information content (AvgIpc) is 3.00. The Kier molecular flexibility index (Phi) is 14.2. The molecule has 1 unspecified atom stereocenters. The van der Waals surface area contributed by atoms with Gasteiger partial charge in [-0.25, -0.2) is 9.59 Å². The minimum atomic E-state index is -1.24. The van der Waals surface area contributed by atoms with Gasteiger partial charge in [0, 0.05) is 6.42 Å². The molecule has 43 heavy (non-hydrogen) atoms. The molecular formula is C29H36N2O12. The number of aliphatic hydroxyl groups excluding tert-OH is 2. The molecule has 14 heteroatoms. The molecule has 2 aromatic carbocycles. The first-order valence-electron chi connectivity index (χ1n) is 13.5. The Morgan fingerprint density at radius 3 is 2.19 bits per heavy atom. The van der Waals surface area contributed by atoms with Crippen LogP contribution in [0.25, 0.3) is 10.8 Å². The summed E-state index contributed by atoms with van der Waals surface area (Å²) in [4.78, 5) is 70.0. The molecule has 14 nitrogen and oxygen atoms in total. The molecule has 1 atom stereocenters. The first-order valence-corrected chi connectivity index (χ1v) is 13.5. The van der Waals surface area contributed by atoms with Gasteiger partial charge in [-0.05, 0) is 55.2 Å². The van der Waals surface area contributed by atoms with Crippen LogP contribution in [0.3, 0.4) is 0 Å². The number of fused-ring (bicyclic) bond motifs is 1. The van der Waals surface area contributed by atoms with Crippen LogP contribution in [0.4, 0.5) is 0 Å². The predicted molar refractivity (Wildman–Crippen MR) is 151 cm³/mol. The maximum Gasteiger partial charge on any atom is 0.349 e. The molecule has 0 aliphatic heterocycles. The van der Waals surface area contributed by atoms with Gasteiger partial charge in [0.2, 0.25) is 0 Å². The van der Waals surface area contributed by atoms with Gasteiger partial charge in [-0.2, -0.15) is 4.91 Å². The number of benzene rings is 2. The van der Waals surface area contributed by atoms with Crippen molar-refractivity contribution in [1.29, 1.82) is 0 Å². The molecule has 1 amide bonds. The van der Waals surface area contributed by atoms with E-state index >= 15 is 0 Å². The third-order valence-corrected chi connectivity index (χ3v) is 6.24. The number of ether oxygens (including phenoxy) is 4. The van der Waals surface area contributed by atoms with E-state index in [1.165, 1.54) is 13.0 Å². The molecule has 0 radical (unpaired) electrons. The van der Waals surface area contributed by atoms with E-state index in [0.717, 1.165) is 5.39 Å². The fourth-order valence-electron chi connectivity index (χ4n) is 3.65. The third-order valence-electron chi connectivity index (χ3n) is 6.24. The maximum atomic E-state index is 12.5. The number of nitrogens with one attached hydrogen (secondary N) is 1. The number of carbonyl (C=O) groups is 5. The molecule has 2 rings (SSSR count). The van der Waals surface area contributed by atoms with Crippen molar-refractivity contribution in [1.82, 2.24) is 5.32 Å². The number of nitroso groups, excluding NO2 is 1. The van der Waals surface area contributed by atoms with E-state index in [1.807, 2.05) is 0 Å². The van der Waals surface area contributed by atoms with E-state index in [9.17, 15) is 39.1 Å². The third kappa shape index (κ3) is 12.1. The Hall–Kier alpha value is -4.43. The number of nitrogens with zero attached hydrogens (tertiary/aromatic N) is 1. The minimum Gasteiger partial charge on any atom is -0.455 e. The normalized spacial score (nSPS) is 11.7. The summed E-state index contributed by atoms with van der Waals surface area (Å²) < 4.78 is 19.9. The highest BCUT2D eigenvalue weighted by atomic mass is 16.6. The summed E-state index contributed by atoms with van der Waals surface area (Å²) in [6.07, 6.45) is 1.77. The molecule has 0 fully saturated rings. The smallest absolute Gasteiger partial charge is 0.349 e. The lowest BCUT2D eigenvalue weighted by Crippen LogP contribution is -2.52. The Balaban J connectivity index is 1.81. The Labute approximate surface area is 247 Å². The first-order chi connectivity index (χ1) is 20.5. The molecule has 0 bridgehead atoms. The Morgan fingerprint density at radius 2 is 1.49 bits per heavy atom. The summed E-state index contributed by atoms with van der Waals surface area (Å²) in [6.45, 7) is 0.335. The van der Waals surface area contributed by atoms with E-state index in [4.69, 9.17) is 18.9 Å². The number of amides is 1. The zero-order valence-electron chi connectivity index (χ0n) is 24.0. The van der Waals surface area contributed by atoms with Gasteiger partial charge in [0.05, 0.1) is 31.2 Å². The van der Waals surface area contributed by atoms with Gasteiger partial charge in [0.15, 0.2) is 19.8 Å². The number of hydrogen-bond acceptors (Lipinski definition) is 13. The maximum absolute atomic E-state index is 12.5. The van der Waals surface area contributed by atoms with E-state index in [0.29, 0.717) is 30.2 Å². The fraction of sp³-hybridized carbons (Fsp3) is 0.483. The minimum absolute atomic E-state index is 0.0805. The topological polar surface area (TPSA) is 204 Å². The molecular weight excluding hydrogens is 568 g/mol. The number of carbonyl (C=O) groups excluding carboxylic acids is 5. The summed E-state index contributed by atoms with van der Waals surface area (Å²) in [5.41, 5.74) is -0.624. The average molecular weight is 605 g/mol. The van der Waals surface area contributed by atoms with Gasteiger partial charge in [0.1, 0.15) is 5.75 Å². The van der Waals surface area contributed by atoms with Crippen LogP contribution in [0.5, 0.6) is 5.75 Å². The molecule has 0 saturated heterocycles. The SMILES string of the molecule is CC(C(=O)OCC(=O)NC(C)(CO)CO)c1ccc2cc(OC(=O)COC(=O)COC(=O)CCCCCN=O)ccc2c1. The van der Waals surface area contributed by atoms with Crippen molar-refractivity contribution in [2.45, 2.75) is 51.0 Å². The zero-order valence-corrected chi connectivity index (χ0v) is 24.0. The van der Waals surface area contributed by atoms with Crippen molar-refractivity contribution in [3.8, 4) is 5.75 Å². The van der Waals surface area contributed by atoms with Gasteiger partial charge < -0.3 is 34.5 Å². The number of rotatable bonds is 18. The quantitative estimate of drug-likeness (QED) is 0.0731. The second kappa shape index (κ2) is 17.5. The van der Waals surface area contributed by atoms with Crippen LogP contribution in [0.1, 0.15) is 51.0 Å². The monoisotopic (exact) mass is 604 g/mol. The van der Waals surface area contributed by atoms with Gasteiger partial charge in [-0.3, -0.25) is 14.4 Å². The predicted octanol–water partition coefficient (Wildman–Crippen LogP) is 1.66. The van der Waals surface area contributed by atoms with Gasteiger partial charge in [-0.1, -0.05) is 35.9 Å². The van der Waals surface area contributed by atoms with Crippen LogP contribution in [0, 0.1) is 4.91 Å². The van der Waals surface area contributed by atoms with Crippen LogP contribution < -0.4 is 10.1 Å². The summed E-state index contributed by atoms with van der Waals surface area (Å²) in [5, 5.41) is 25.1. The molecule has 0 aliphatic rings. The lowest BCUT2D eigenvalue weighted by atomic mass is 9.98. The largest absolute Gasteiger partial charge is 0.455 e. The van der Waals surface area contributed by atoms with Crippen LogP contribution in [0.15, 0.2) is 41.6 Å². The summed E-state index contributed by atoms with van der Waals surface area (Å²) in [6, 6.07) is 9.90. The van der Waals surface area contributed by atoms with Gasteiger partial charge in [-0.15, -0.1) is 0 Å². The van der Waals surface area contributed by atoms with Crippen molar-refractivity contribution in [2.24, 2.45) is 5.18 Å². The van der Waals surface area contributed by atoms with E-state index in [1.54, 1.807) is 37.3 Å². The lowest BCUT2D eigenvalue weighted by Gasteiger charge is -2.26. The highest BCUT2D eigenvalue weighted by Gasteiger charge is 2.26. The fourth-order valence-corrected chi connectivity index (χ4v) is 3.65. The van der Waals surface area contributed by atoms with Crippen molar-refractivity contribution in [3.63, 3.8) is 0 Å². The molecule has 0 aliphatic carbocycles. The number of esters is 4. The van der Waals surface area contributed by atoms with E-state index in [2.05, 4.69) is 10.5 Å². The Morgan fingerprint density at radius 1 is 0.837 bits per heavy atom. The van der Waals surface area contributed by atoms with Crippen LogP contribution in [0.2, 0.25) is 0 Å². The number of unbranched alkanes of at least 4 members (excludes halogenated alkanes) is 2. The van der Waals surface area contributed by atoms with Gasteiger partial charge >= 0.3 is 23.9 Å². The van der Waals surface area contributed by atoms with Crippen LogP contribution in [-0.2, 0) is 38.2 Å². The molecule has 0 aromatic heterocycles. The summed E-state index contributed by atoms with van der Waals surface area (Å²) in [7, 11) is 0. The lowest BCUT2D eigenvalue weighted by molar-refractivity contribution is -0.162. The molecule has 3 N–H and O–H groups in total. The van der Waals surface area contributed by atoms with E-state index < -0.39 is 74.3 Å². The van der Waals surface area contributed by atoms with Crippen molar-refractivity contribution in [2.75, 3.05) is 39.6 Å². The molecule has 234 valence electrons.